The quantitative estimate of drug-likeness (QED) is 0.662. The first kappa shape index (κ1) is 20.5. The highest BCUT2D eigenvalue weighted by molar-refractivity contribution is 8.00. The molecule has 2 aromatic carbocycles. The fourth-order valence-corrected chi connectivity index (χ4v) is 4.28. The molecule has 28 heavy (non-hydrogen) atoms. The Morgan fingerprint density at radius 3 is 2.39 bits per heavy atom. The zero-order valence-corrected chi connectivity index (χ0v) is 17.4. The number of amides is 2. The van der Waals surface area contributed by atoms with Gasteiger partial charge in [0.25, 0.3) is 5.91 Å². The highest BCUT2D eigenvalue weighted by atomic mass is 32.2. The predicted octanol–water partition coefficient (Wildman–Crippen LogP) is 5.18. The number of anilines is 1. The predicted molar refractivity (Wildman–Crippen MR) is 116 cm³/mol. The molecule has 5 heteroatoms. The Morgan fingerprint density at radius 1 is 1.00 bits per heavy atom. The standard InChI is InChI=1S/C23H28N2O2S/c1-16-12-14-19(15-13-16)28-17(2)22(26)25-21-11-7-6-10-20(21)23(27)24-18-8-4-3-5-9-18/h6-7,10-15,17-18H,3-5,8-9H2,1-2H3,(H,24,27)(H,25,26)/t17-/m1/s1. The monoisotopic (exact) mass is 396 g/mol. The molecule has 1 fully saturated rings. The fourth-order valence-electron chi connectivity index (χ4n) is 3.41. The molecule has 0 unspecified atom stereocenters. The summed E-state index contributed by atoms with van der Waals surface area (Å²) in [4.78, 5) is 26.5. The summed E-state index contributed by atoms with van der Waals surface area (Å²) < 4.78 is 0. The van der Waals surface area contributed by atoms with Crippen LogP contribution in [0.1, 0.15) is 54.9 Å². The minimum Gasteiger partial charge on any atom is -0.349 e. The molecule has 0 bridgehead atoms. The Bertz CT molecular complexity index is 814. The van der Waals surface area contributed by atoms with Crippen molar-refractivity contribution in [3.8, 4) is 0 Å². The molecule has 2 amide bonds. The lowest BCUT2D eigenvalue weighted by Gasteiger charge is -2.23. The van der Waals surface area contributed by atoms with Gasteiger partial charge in [-0.15, -0.1) is 11.8 Å². The van der Waals surface area contributed by atoms with E-state index in [1.807, 2.05) is 50.2 Å². The molecule has 3 rings (SSSR count). The van der Waals surface area contributed by atoms with Crippen LogP contribution in [0.5, 0.6) is 0 Å². The second-order valence-electron chi connectivity index (χ2n) is 7.42. The second-order valence-corrected chi connectivity index (χ2v) is 8.83. The van der Waals surface area contributed by atoms with Crippen LogP contribution in [0.3, 0.4) is 0 Å². The van der Waals surface area contributed by atoms with Gasteiger partial charge in [0.1, 0.15) is 0 Å². The van der Waals surface area contributed by atoms with Crippen LogP contribution in [0.25, 0.3) is 0 Å². The van der Waals surface area contributed by atoms with Crippen LogP contribution in [0.15, 0.2) is 53.4 Å². The summed E-state index contributed by atoms with van der Waals surface area (Å²) in [6.45, 7) is 3.92. The average Bonchev–Trinajstić information content (AvgIpc) is 2.70. The van der Waals surface area contributed by atoms with Crippen molar-refractivity contribution in [2.45, 2.75) is 62.1 Å². The molecular formula is C23H28N2O2S. The van der Waals surface area contributed by atoms with Gasteiger partial charge in [0.15, 0.2) is 0 Å². The van der Waals surface area contributed by atoms with Gasteiger partial charge in [0, 0.05) is 10.9 Å². The third-order valence-electron chi connectivity index (χ3n) is 5.07. The van der Waals surface area contributed by atoms with Gasteiger partial charge in [-0.3, -0.25) is 9.59 Å². The smallest absolute Gasteiger partial charge is 0.253 e. The van der Waals surface area contributed by atoms with Gasteiger partial charge in [0.2, 0.25) is 5.91 Å². The van der Waals surface area contributed by atoms with E-state index >= 15 is 0 Å². The van der Waals surface area contributed by atoms with E-state index in [0.717, 1.165) is 30.6 Å². The molecule has 1 aliphatic carbocycles. The molecule has 2 aromatic rings. The number of nitrogens with one attached hydrogen (secondary N) is 2. The van der Waals surface area contributed by atoms with E-state index in [2.05, 4.69) is 10.6 Å². The first-order valence-electron chi connectivity index (χ1n) is 9.97. The summed E-state index contributed by atoms with van der Waals surface area (Å²) >= 11 is 1.51. The first-order valence-corrected chi connectivity index (χ1v) is 10.8. The SMILES string of the molecule is Cc1ccc(S[C@H](C)C(=O)Nc2ccccc2C(=O)NC2CCCCC2)cc1. The zero-order chi connectivity index (χ0) is 19.9. The number of hydrogen-bond acceptors (Lipinski definition) is 3. The lowest BCUT2D eigenvalue weighted by Crippen LogP contribution is -2.36. The number of hydrogen-bond donors (Lipinski definition) is 2. The van der Waals surface area contributed by atoms with E-state index in [4.69, 9.17) is 0 Å². The Balaban J connectivity index is 1.63. The summed E-state index contributed by atoms with van der Waals surface area (Å²) in [6.07, 6.45) is 5.64. The normalized spacial score (nSPS) is 15.6. The van der Waals surface area contributed by atoms with Crippen molar-refractivity contribution in [3.05, 3.63) is 59.7 Å². The molecule has 0 radical (unpaired) electrons. The van der Waals surface area contributed by atoms with Gasteiger partial charge >= 0.3 is 0 Å². The van der Waals surface area contributed by atoms with Gasteiger partial charge < -0.3 is 10.6 Å². The minimum atomic E-state index is -0.267. The Labute approximate surface area is 171 Å². The topological polar surface area (TPSA) is 58.2 Å². The van der Waals surface area contributed by atoms with E-state index in [0.29, 0.717) is 11.3 Å². The highest BCUT2D eigenvalue weighted by Gasteiger charge is 2.21. The van der Waals surface area contributed by atoms with Gasteiger partial charge in [-0.2, -0.15) is 0 Å². The number of benzene rings is 2. The van der Waals surface area contributed by atoms with Crippen LogP contribution in [0, 0.1) is 6.92 Å². The van der Waals surface area contributed by atoms with Crippen LogP contribution in [-0.4, -0.2) is 23.1 Å². The lowest BCUT2D eigenvalue weighted by atomic mass is 9.95. The Morgan fingerprint density at radius 2 is 1.68 bits per heavy atom. The molecule has 0 aliphatic heterocycles. The molecule has 0 saturated heterocycles. The number of carbonyl (C=O) groups is 2. The molecule has 1 atom stereocenters. The Hall–Kier alpha value is -2.27. The molecule has 1 aliphatic rings. The number of aryl methyl sites for hydroxylation is 1. The molecule has 2 N–H and O–H groups in total. The van der Waals surface area contributed by atoms with Crippen molar-refractivity contribution in [1.82, 2.24) is 5.32 Å². The number of carbonyl (C=O) groups excluding carboxylic acids is 2. The molecule has 1 saturated carbocycles. The largest absolute Gasteiger partial charge is 0.349 e. The fraction of sp³-hybridized carbons (Fsp3) is 0.391. The third kappa shape index (κ3) is 5.61. The maximum Gasteiger partial charge on any atom is 0.253 e. The first-order chi connectivity index (χ1) is 13.5. The van der Waals surface area contributed by atoms with Gasteiger partial charge in [-0.05, 0) is 51.0 Å². The van der Waals surface area contributed by atoms with Crippen LogP contribution >= 0.6 is 11.8 Å². The highest BCUT2D eigenvalue weighted by Crippen LogP contribution is 2.25. The summed E-state index contributed by atoms with van der Waals surface area (Å²) in [7, 11) is 0. The van der Waals surface area contributed by atoms with E-state index in [-0.39, 0.29) is 23.1 Å². The summed E-state index contributed by atoms with van der Waals surface area (Å²) in [6, 6.07) is 15.6. The van der Waals surface area contributed by atoms with Gasteiger partial charge in [-0.25, -0.2) is 0 Å². The summed E-state index contributed by atoms with van der Waals surface area (Å²) in [5.74, 6) is -0.217. The Kier molecular flexibility index (Phi) is 7.15. The van der Waals surface area contributed by atoms with Crippen molar-refractivity contribution >= 4 is 29.3 Å². The summed E-state index contributed by atoms with van der Waals surface area (Å²) in [5.41, 5.74) is 2.28. The molecule has 148 valence electrons. The maximum absolute atomic E-state index is 12.7. The van der Waals surface area contributed by atoms with E-state index in [1.165, 1.54) is 23.7 Å². The second kappa shape index (κ2) is 9.78. The molecule has 0 aromatic heterocycles. The van der Waals surface area contributed by atoms with Gasteiger partial charge in [0.05, 0.1) is 16.5 Å². The van der Waals surface area contributed by atoms with Crippen molar-refractivity contribution in [2.75, 3.05) is 5.32 Å². The van der Waals surface area contributed by atoms with E-state index in [1.54, 1.807) is 12.1 Å². The number of thioether (sulfide) groups is 1. The van der Waals surface area contributed by atoms with Crippen LogP contribution in [0.2, 0.25) is 0 Å². The molecule has 0 spiro atoms. The van der Waals surface area contributed by atoms with E-state index in [9.17, 15) is 9.59 Å². The van der Waals surface area contributed by atoms with Crippen molar-refractivity contribution in [1.29, 1.82) is 0 Å². The molecular weight excluding hydrogens is 368 g/mol. The number of para-hydroxylation sites is 1. The van der Waals surface area contributed by atoms with Crippen molar-refractivity contribution in [3.63, 3.8) is 0 Å². The zero-order valence-electron chi connectivity index (χ0n) is 16.5. The summed E-state index contributed by atoms with van der Waals surface area (Å²) in [5, 5.41) is 5.80. The lowest BCUT2D eigenvalue weighted by molar-refractivity contribution is -0.115. The van der Waals surface area contributed by atoms with Crippen LogP contribution in [-0.2, 0) is 4.79 Å². The maximum atomic E-state index is 12.7. The third-order valence-corrected chi connectivity index (χ3v) is 6.18. The van der Waals surface area contributed by atoms with Crippen molar-refractivity contribution < 1.29 is 9.59 Å². The van der Waals surface area contributed by atoms with E-state index < -0.39 is 0 Å². The van der Waals surface area contributed by atoms with Crippen LogP contribution < -0.4 is 10.6 Å². The van der Waals surface area contributed by atoms with Crippen LogP contribution in [0.4, 0.5) is 5.69 Å². The minimum absolute atomic E-state index is 0.108. The molecule has 4 nitrogen and oxygen atoms in total. The molecule has 0 heterocycles. The van der Waals surface area contributed by atoms with Crippen molar-refractivity contribution in [2.24, 2.45) is 0 Å². The number of rotatable bonds is 6. The average molecular weight is 397 g/mol. The van der Waals surface area contributed by atoms with Gasteiger partial charge in [-0.1, -0.05) is 49.1 Å².